The maximum Gasteiger partial charge on any atom is 0.350 e. The zero-order valence-corrected chi connectivity index (χ0v) is 17.2. The maximum atomic E-state index is 13.0. The number of aromatic nitrogens is 3. The zero-order chi connectivity index (χ0) is 18.1. The highest BCUT2D eigenvalue weighted by Crippen LogP contribution is 2.35. The van der Waals surface area contributed by atoms with E-state index in [0.717, 1.165) is 48.9 Å². The minimum absolute atomic E-state index is 0.0487. The predicted molar refractivity (Wildman–Crippen MR) is 110 cm³/mol. The Hall–Kier alpha value is -0.890. The third-order valence-electron chi connectivity index (χ3n) is 4.81. The molecular weight excluding hydrogens is 388 g/mol. The highest BCUT2D eigenvalue weighted by molar-refractivity contribution is 8.00. The first kappa shape index (κ1) is 18.5. The molecule has 1 saturated heterocycles. The molecule has 0 N–H and O–H groups in total. The van der Waals surface area contributed by atoms with Gasteiger partial charge in [-0.25, -0.2) is 14.0 Å². The van der Waals surface area contributed by atoms with E-state index >= 15 is 0 Å². The fourth-order valence-electron chi connectivity index (χ4n) is 3.52. The molecule has 3 heterocycles. The molecule has 4 rings (SSSR count). The Bertz CT molecular complexity index is 844. The lowest BCUT2D eigenvalue weighted by Gasteiger charge is -2.25. The minimum atomic E-state index is -0.0487. The molecule has 0 amide bonds. The van der Waals surface area contributed by atoms with E-state index in [1.807, 2.05) is 30.0 Å². The quantitative estimate of drug-likeness (QED) is 0.774. The molecule has 1 aromatic heterocycles. The zero-order valence-electron chi connectivity index (χ0n) is 14.9. The maximum absolute atomic E-state index is 13.0. The molecule has 0 saturated carbocycles. The summed E-state index contributed by atoms with van der Waals surface area (Å²) in [6.07, 6.45) is 1.73. The normalized spacial score (nSPS) is 20.5. The number of rotatable bonds is 4. The summed E-state index contributed by atoms with van der Waals surface area (Å²) in [6, 6.07) is 5.77. The van der Waals surface area contributed by atoms with Gasteiger partial charge in [0, 0.05) is 52.7 Å². The molecule has 1 aromatic carbocycles. The first-order valence-electron chi connectivity index (χ1n) is 9.07. The second kappa shape index (κ2) is 8.00. The van der Waals surface area contributed by atoms with Crippen LogP contribution in [0.25, 0.3) is 5.69 Å². The van der Waals surface area contributed by atoms with Gasteiger partial charge in [0.2, 0.25) is 0 Å². The van der Waals surface area contributed by atoms with Gasteiger partial charge in [-0.15, -0.1) is 11.8 Å². The molecule has 0 spiro atoms. The molecular formula is C18H23ClN4OS2. The number of halogens is 1. The third-order valence-corrected chi connectivity index (χ3v) is 7.16. The Morgan fingerprint density at radius 1 is 1.27 bits per heavy atom. The molecule has 0 radical (unpaired) electrons. The number of fused-ring (bicyclic) bond motifs is 3. The second-order valence-electron chi connectivity index (χ2n) is 6.81. The fraction of sp³-hybridized carbons (Fsp3) is 0.556. The van der Waals surface area contributed by atoms with Crippen molar-refractivity contribution in [1.82, 2.24) is 19.2 Å². The van der Waals surface area contributed by atoms with Gasteiger partial charge < -0.3 is 4.90 Å². The lowest BCUT2D eigenvalue weighted by molar-refractivity contribution is 0.289. The lowest BCUT2D eigenvalue weighted by Crippen LogP contribution is -2.34. The van der Waals surface area contributed by atoms with E-state index in [2.05, 4.69) is 16.9 Å². The van der Waals surface area contributed by atoms with Crippen molar-refractivity contribution in [3.63, 3.8) is 0 Å². The highest BCUT2D eigenvalue weighted by Gasteiger charge is 2.24. The molecule has 26 heavy (non-hydrogen) atoms. The Labute approximate surface area is 167 Å². The van der Waals surface area contributed by atoms with Gasteiger partial charge >= 0.3 is 5.69 Å². The second-order valence-corrected chi connectivity index (χ2v) is 9.95. The molecule has 2 aliphatic rings. The number of hydrogen-bond acceptors (Lipinski definition) is 5. The van der Waals surface area contributed by atoms with Gasteiger partial charge in [-0.05, 0) is 31.2 Å². The van der Waals surface area contributed by atoms with Crippen molar-refractivity contribution in [3.05, 3.63) is 39.5 Å². The summed E-state index contributed by atoms with van der Waals surface area (Å²) in [5.74, 6) is 3.27. The van der Waals surface area contributed by atoms with Crippen LogP contribution in [0.15, 0.2) is 27.9 Å². The SMILES string of the molecule is CC1Cc2nn(CCCN3CCSCC3)c(=O)n2-c2cc(Cl)ccc2S1. The number of aryl methyl sites for hydroxylation is 1. The van der Waals surface area contributed by atoms with Crippen molar-refractivity contribution in [2.24, 2.45) is 0 Å². The third kappa shape index (κ3) is 3.86. The number of nitrogens with zero attached hydrogens (tertiary/aromatic N) is 4. The average Bonchev–Trinajstić information content (AvgIpc) is 2.84. The molecule has 1 unspecified atom stereocenters. The van der Waals surface area contributed by atoms with Crippen LogP contribution in [0.1, 0.15) is 19.2 Å². The van der Waals surface area contributed by atoms with Crippen LogP contribution in [0.2, 0.25) is 5.02 Å². The van der Waals surface area contributed by atoms with E-state index in [1.54, 1.807) is 21.0 Å². The summed E-state index contributed by atoms with van der Waals surface area (Å²) >= 11 is 10.0. The van der Waals surface area contributed by atoms with Crippen molar-refractivity contribution < 1.29 is 0 Å². The van der Waals surface area contributed by atoms with E-state index in [1.165, 1.54) is 11.5 Å². The van der Waals surface area contributed by atoms with Crippen LogP contribution in [-0.4, -0.2) is 55.6 Å². The molecule has 8 heteroatoms. The van der Waals surface area contributed by atoms with Crippen LogP contribution in [0.4, 0.5) is 0 Å². The van der Waals surface area contributed by atoms with Crippen molar-refractivity contribution in [3.8, 4) is 5.69 Å². The van der Waals surface area contributed by atoms with Crippen LogP contribution in [0.5, 0.6) is 0 Å². The van der Waals surface area contributed by atoms with Gasteiger partial charge in [0.05, 0.1) is 5.69 Å². The fourth-order valence-corrected chi connectivity index (χ4v) is 5.75. The van der Waals surface area contributed by atoms with Crippen molar-refractivity contribution >= 4 is 35.1 Å². The molecule has 0 bridgehead atoms. The van der Waals surface area contributed by atoms with Crippen LogP contribution in [0, 0.1) is 0 Å². The van der Waals surface area contributed by atoms with Gasteiger partial charge in [0.15, 0.2) is 0 Å². The minimum Gasteiger partial charge on any atom is -0.302 e. The van der Waals surface area contributed by atoms with Crippen molar-refractivity contribution in [1.29, 1.82) is 0 Å². The van der Waals surface area contributed by atoms with Crippen LogP contribution in [-0.2, 0) is 13.0 Å². The van der Waals surface area contributed by atoms with Crippen molar-refractivity contribution in [2.75, 3.05) is 31.1 Å². The molecule has 2 aliphatic heterocycles. The molecule has 140 valence electrons. The number of benzene rings is 1. The van der Waals surface area contributed by atoms with Gasteiger partial charge in [-0.2, -0.15) is 16.9 Å². The number of hydrogen-bond donors (Lipinski definition) is 0. The Balaban J connectivity index is 1.57. The van der Waals surface area contributed by atoms with Crippen LogP contribution in [0.3, 0.4) is 0 Å². The number of thioether (sulfide) groups is 2. The predicted octanol–water partition coefficient (Wildman–Crippen LogP) is 3.16. The molecule has 1 atom stereocenters. The van der Waals surface area contributed by atoms with E-state index in [-0.39, 0.29) is 5.69 Å². The van der Waals surface area contributed by atoms with Gasteiger partial charge in [-0.3, -0.25) is 0 Å². The lowest BCUT2D eigenvalue weighted by atomic mass is 10.3. The largest absolute Gasteiger partial charge is 0.350 e. The van der Waals surface area contributed by atoms with E-state index in [4.69, 9.17) is 11.6 Å². The van der Waals surface area contributed by atoms with Crippen molar-refractivity contribution in [2.45, 2.75) is 36.5 Å². The van der Waals surface area contributed by atoms with E-state index < -0.39 is 0 Å². The van der Waals surface area contributed by atoms with E-state index in [9.17, 15) is 4.79 Å². The summed E-state index contributed by atoms with van der Waals surface area (Å²) in [5.41, 5.74) is 0.818. The summed E-state index contributed by atoms with van der Waals surface area (Å²) in [4.78, 5) is 16.6. The molecule has 5 nitrogen and oxygen atoms in total. The Morgan fingerprint density at radius 3 is 2.88 bits per heavy atom. The average molecular weight is 411 g/mol. The van der Waals surface area contributed by atoms with E-state index in [0.29, 0.717) is 16.8 Å². The highest BCUT2D eigenvalue weighted by atomic mass is 35.5. The van der Waals surface area contributed by atoms with Gasteiger partial charge in [-0.1, -0.05) is 18.5 Å². The van der Waals surface area contributed by atoms with Crippen LogP contribution < -0.4 is 5.69 Å². The summed E-state index contributed by atoms with van der Waals surface area (Å²) in [6.45, 7) is 6.18. The first-order chi connectivity index (χ1) is 12.6. The Kier molecular flexibility index (Phi) is 5.69. The van der Waals surface area contributed by atoms with Gasteiger partial charge in [0.1, 0.15) is 5.82 Å². The molecule has 2 aromatic rings. The van der Waals surface area contributed by atoms with Crippen LogP contribution >= 0.6 is 35.1 Å². The summed E-state index contributed by atoms with van der Waals surface area (Å²) < 4.78 is 3.40. The molecule has 0 aliphatic carbocycles. The standard InChI is InChI=1S/C18H23ClN4OS2/c1-13-11-17-20-22(6-2-5-21-7-9-25-10-8-21)18(24)23(17)15-12-14(19)3-4-16(15)26-13/h3-4,12-13H,2,5-11H2,1H3. The van der Waals surface area contributed by atoms with Gasteiger partial charge in [0.25, 0.3) is 0 Å². The topological polar surface area (TPSA) is 43.1 Å². The molecule has 1 fully saturated rings. The first-order valence-corrected chi connectivity index (χ1v) is 11.5. The smallest absolute Gasteiger partial charge is 0.302 e. The monoisotopic (exact) mass is 410 g/mol. The Morgan fingerprint density at radius 2 is 2.08 bits per heavy atom. The summed E-state index contributed by atoms with van der Waals surface area (Å²) in [5, 5.41) is 5.68. The summed E-state index contributed by atoms with van der Waals surface area (Å²) in [7, 11) is 0.